The summed E-state index contributed by atoms with van der Waals surface area (Å²) in [5.41, 5.74) is 2.09. The van der Waals surface area contributed by atoms with Gasteiger partial charge in [0.2, 0.25) is 0 Å². The number of carbonyl (C=O) groups is 2. The lowest BCUT2D eigenvalue weighted by atomic mass is 10.0. The minimum atomic E-state index is -2.50. The molecule has 1 aliphatic heterocycles. The quantitative estimate of drug-likeness (QED) is 0.823. The Morgan fingerprint density at radius 1 is 1.21 bits per heavy atom. The van der Waals surface area contributed by atoms with Crippen LogP contribution in [-0.4, -0.2) is 52.2 Å². The van der Waals surface area contributed by atoms with Crippen molar-refractivity contribution < 1.29 is 18.4 Å². The second-order valence-electron chi connectivity index (χ2n) is 6.87. The van der Waals surface area contributed by atoms with Gasteiger partial charge >= 0.3 is 6.03 Å². The summed E-state index contributed by atoms with van der Waals surface area (Å²) >= 11 is 0. The SMILES string of the molecule is Cc1ccc(C(=O)NC2CCN(C(=O)Nc3cnn(CC(F)F)c3)CC2)cc1. The van der Waals surface area contributed by atoms with E-state index in [1.807, 2.05) is 19.1 Å². The highest BCUT2D eigenvalue weighted by molar-refractivity contribution is 5.94. The third-order valence-electron chi connectivity index (χ3n) is 4.64. The van der Waals surface area contributed by atoms with E-state index in [-0.39, 0.29) is 18.0 Å². The van der Waals surface area contributed by atoms with E-state index < -0.39 is 13.0 Å². The third kappa shape index (κ3) is 5.28. The van der Waals surface area contributed by atoms with Gasteiger partial charge in [-0.05, 0) is 31.9 Å². The van der Waals surface area contributed by atoms with Gasteiger partial charge in [-0.25, -0.2) is 13.6 Å². The first kappa shape index (κ1) is 19.8. The lowest BCUT2D eigenvalue weighted by molar-refractivity contribution is 0.0919. The van der Waals surface area contributed by atoms with E-state index >= 15 is 0 Å². The minimum Gasteiger partial charge on any atom is -0.349 e. The Morgan fingerprint density at radius 3 is 2.54 bits per heavy atom. The largest absolute Gasteiger partial charge is 0.349 e. The second kappa shape index (κ2) is 8.81. The zero-order valence-corrected chi connectivity index (χ0v) is 15.6. The molecular weight excluding hydrogens is 368 g/mol. The van der Waals surface area contributed by atoms with Crippen molar-refractivity contribution in [3.63, 3.8) is 0 Å². The zero-order chi connectivity index (χ0) is 20.1. The van der Waals surface area contributed by atoms with Crippen LogP contribution in [0.1, 0.15) is 28.8 Å². The molecule has 1 saturated heterocycles. The number of amides is 3. The molecule has 1 aliphatic rings. The van der Waals surface area contributed by atoms with Gasteiger partial charge in [-0.3, -0.25) is 9.48 Å². The van der Waals surface area contributed by atoms with Crippen molar-refractivity contribution in [2.45, 2.75) is 38.8 Å². The van der Waals surface area contributed by atoms with Gasteiger partial charge in [-0.2, -0.15) is 5.10 Å². The molecule has 2 aromatic rings. The molecule has 7 nitrogen and oxygen atoms in total. The number of hydrogen-bond donors (Lipinski definition) is 2. The number of anilines is 1. The van der Waals surface area contributed by atoms with Crippen molar-refractivity contribution >= 4 is 17.6 Å². The molecule has 28 heavy (non-hydrogen) atoms. The van der Waals surface area contributed by atoms with E-state index in [4.69, 9.17) is 0 Å². The molecule has 2 heterocycles. The molecule has 1 fully saturated rings. The summed E-state index contributed by atoms with van der Waals surface area (Å²) in [6.07, 6.45) is 1.51. The molecule has 0 radical (unpaired) electrons. The maximum absolute atomic E-state index is 12.3. The summed E-state index contributed by atoms with van der Waals surface area (Å²) in [7, 11) is 0. The number of hydrogen-bond acceptors (Lipinski definition) is 3. The number of aryl methyl sites for hydroxylation is 1. The molecule has 0 saturated carbocycles. The normalized spacial score (nSPS) is 14.9. The van der Waals surface area contributed by atoms with Gasteiger partial charge in [0.15, 0.2) is 0 Å². The van der Waals surface area contributed by atoms with Crippen LogP contribution in [0.5, 0.6) is 0 Å². The maximum Gasteiger partial charge on any atom is 0.321 e. The van der Waals surface area contributed by atoms with Gasteiger partial charge < -0.3 is 15.5 Å². The van der Waals surface area contributed by atoms with Crippen LogP contribution < -0.4 is 10.6 Å². The Labute approximate surface area is 161 Å². The zero-order valence-electron chi connectivity index (χ0n) is 15.6. The summed E-state index contributed by atoms with van der Waals surface area (Å²) in [6.45, 7) is 2.44. The molecule has 3 amide bonds. The van der Waals surface area contributed by atoms with Crippen molar-refractivity contribution in [2.24, 2.45) is 0 Å². The Hall–Kier alpha value is -2.97. The molecule has 9 heteroatoms. The van der Waals surface area contributed by atoms with Crippen LogP contribution >= 0.6 is 0 Å². The number of halogens is 2. The number of nitrogens with one attached hydrogen (secondary N) is 2. The number of carbonyl (C=O) groups excluding carboxylic acids is 2. The van der Waals surface area contributed by atoms with Gasteiger partial charge in [0.1, 0.15) is 6.54 Å². The monoisotopic (exact) mass is 391 g/mol. The van der Waals surface area contributed by atoms with E-state index in [0.29, 0.717) is 37.2 Å². The van der Waals surface area contributed by atoms with Crippen LogP contribution in [0.3, 0.4) is 0 Å². The Bertz CT molecular complexity index is 814. The second-order valence-corrected chi connectivity index (χ2v) is 6.87. The van der Waals surface area contributed by atoms with Crippen molar-refractivity contribution in [2.75, 3.05) is 18.4 Å². The number of rotatable bonds is 5. The number of benzene rings is 1. The number of nitrogens with zero attached hydrogens (tertiary/aromatic N) is 3. The molecule has 0 bridgehead atoms. The van der Waals surface area contributed by atoms with Crippen molar-refractivity contribution in [3.05, 3.63) is 47.8 Å². The lowest BCUT2D eigenvalue weighted by Crippen LogP contribution is -2.47. The van der Waals surface area contributed by atoms with Crippen molar-refractivity contribution in [1.82, 2.24) is 20.0 Å². The first-order valence-electron chi connectivity index (χ1n) is 9.15. The topological polar surface area (TPSA) is 79.3 Å². The van der Waals surface area contributed by atoms with Crippen LogP contribution in [0.15, 0.2) is 36.7 Å². The summed E-state index contributed by atoms with van der Waals surface area (Å²) in [5, 5.41) is 9.46. The fourth-order valence-corrected chi connectivity index (χ4v) is 3.07. The first-order chi connectivity index (χ1) is 13.4. The average molecular weight is 391 g/mol. The van der Waals surface area contributed by atoms with Gasteiger partial charge in [0.05, 0.1) is 11.9 Å². The van der Waals surface area contributed by atoms with E-state index in [2.05, 4.69) is 15.7 Å². The molecular formula is C19H23F2N5O2. The number of piperidine rings is 1. The highest BCUT2D eigenvalue weighted by Gasteiger charge is 2.24. The summed E-state index contributed by atoms with van der Waals surface area (Å²) in [5.74, 6) is -0.116. The van der Waals surface area contributed by atoms with Crippen molar-refractivity contribution in [3.8, 4) is 0 Å². The Morgan fingerprint density at radius 2 is 1.89 bits per heavy atom. The standard InChI is InChI=1S/C19H23F2N5O2/c1-13-2-4-14(5-3-13)18(27)23-15-6-8-25(9-7-15)19(28)24-16-10-22-26(11-16)12-17(20)21/h2-5,10-11,15,17H,6-9,12H2,1H3,(H,23,27)(H,24,28). The van der Waals surface area contributed by atoms with Crippen LogP contribution in [-0.2, 0) is 6.54 Å². The van der Waals surface area contributed by atoms with E-state index in [1.165, 1.54) is 12.4 Å². The third-order valence-corrected chi connectivity index (χ3v) is 4.64. The number of likely N-dealkylation sites (tertiary alicyclic amines) is 1. The van der Waals surface area contributed by atoms with Gasteiger partial charge in [0.25, 0.3) is 12.3 Å². The Kier molecular flexibility index (Phi) is 6.23. The highest BCUT2D eigenvalue weighted by Crippen LogP contribution is 2.14. The fourth-order valence-electron chi connectivity index (χ4n) is 3.07. The number of alkyl halides is 2. The predicted octanol–water partition coefficient (Wildman–Crippen LogP) is 2.88. The molecule has 0 atom stereocenters. The highest BCUT2D eigenvalue weighted by atomic mass is 19.3. The van der Waals surface area contributed by atoms with Crippen molar-refractivity contribution in [1.29, 1.82) is 0 Å². The number of aromatic nitrogens is 2. The minimum absolute atomic E-state index is 0.00615. The molecule has 0 spiro atoms. The van der Waals surface area contributed by atoms with E-state index in [0.717, 1.165) is 10.2 Å². The van der Waals surface area contributed by atoms with E-state index in [9.17, 15) is 18.4 Å². The molecule has 0 unspecified atom stereocenters. The summed E-state index contributed by atoms with van der Waals surface area (Å²) in [6, 6.07) is 7.08. The molecule has 1 aromatic heterocycles. The maximum atomic E-state index is 12.3. The molecule has 150 valence electrons. The molecule has 1 aromatic carbocycles. The molecule has 3 rings (SSSR count). The van der Waals surface area contributed by atoms with Gasteiger partial charge in [-0.15, -0.1) is 0 Å². The molecule has 2 N–H and O–H groups in total. The fraction of sp³-hybridized carbons (Fsp3) is 0.421. The molecule has 0 aliphatic carbocycles. The predicted molar refractivity (Wildman–Crippen MR) is 100 cm³/mol. The number of urea groups is 1. The van der Waals surface area contributed by atoms with Gasteiger partial charge in [0, 0.05) is 30.9 Å². The Balaban J connectivity index is 1.45. The van der Waals surface area contributed by atoms with Crippen LogP contribution in [0.25, 0.3) is 0 Å². The first-order valence-corrected chi connectivity index (χ1v) is 9.15. The van der Waals surface area contributed by atoms with Gasteiger partial charge in [-0.1, -0.05) is 17.7 Å². The lowest BCUT2D eigenvalue weighted by Gasteiger charge is -2.32. The summed E-state index contributed by atoms with van der Waals surface area (Å²) in [4.78, 5) is 26.3. The van der Waals surface area contributed by atoms with Crippen LogP contribution in [0, 0.1) is 6.92 Å². The summed E-state index contributed by atoms with van der Waals surface area (Å²) < 4.78 is 25.8. The average Bonchev–Trinajstić information content (AvgIpc) is 3.08. The van der Waals surface area contributed by atoms with E-state index in [1.54, 1.807) is 17.0 Å². The van der Waals surface area contributed by atoms with Crippen LogP contribution in [0.2, 0.25) is 0 Å². The smallest absolute Gasteiger partial charge is 0.321 e. The van der Waals surface area contributed by atoms with Crippen LogP contribution in [0.4, 0.5) is 19.3 Å².